The molecule has 7 nitrogen and oxygen atoms in total. The molecule has 2 N–H and O–H groups in total. The zero-order valence-corrected chi connectivity index (χ0v) is 16.6. The lowest BCUT2D eigenvalue weighted by Gasteiger charge is -2.26. The van der Waals surface area contributed by atoms with Gasteiger partial charge in [0, 0.05) is 12.1 Å². The van der Waals surface area contributed by atoms with Crippen molar-refractivity contribution < 1.29 is 19.1 Å². The number of benzene rings is 2. The molecule has 4 amide bonds. The van der Waals surface area contributed by atoms with Crippen molar-refractivity contribution in [3.63, 3.8) is 0 Å². The van der Waals surface area contributed by atoms with Gasteiger partial charge in [-0.05, 0) is 18.1 Å². The van der Waals surface area contributed by atoms with Gasteiger partial charge in [0.25, 0.3) is 5.91 Å². The maximum absolute atomic E-state index is 13.2. The number of nitrogens with zero attached hydrogens (tertiary/aromatic N) is 1. The van der Waals surface area contributed by atoms with Gasteiger partial charge in [-0.3, -0.25) is 14.5 Å². The smallest absolute Gasteiger partial charge is 0.325 e. The summed E-state index contributed by atoms with van der Waals surface area (Å²) in [7, 11) is 1.56. The molecule has 0 aliphatic carbocycles. The fourth-order valence-corrected chi connectivity index (χ4v) is 3.62. The number of hydrogen-bond donors (Lipinski definition) is 2. The summed E-state index contributed by atoms with van der Waals surface area (Å²) in [5.74, 6) is -0.156. The van der Waals surface area contributed by atoms with E-state index in [-0.39, 0.29) is 13.1 Å². The number of methoxy groups -OCH3 is 1. The van der Waals surface area contributed by atoms with Gasteiger partial charge >= 0.3 is 6.03 Å². The maximum Gasteiger partial charge on any atom is 0.325 e. The SMILES string of the molecule is CCC[C@]1(c2ccccc2)NC(=O)N(CC(=O)NCc2ccccc2OC)C1=O. The largest absolute Gasteiger partial charge is 0.496 e. The van der Waals surface area contributed by atoms with E-state index >= 15 is 0 Å². The Kier molecular flexibility index (Phi) is 6.16. The minimum atomic E-state index is -1.13. The molecule has 1 fully saturated rings. The van der Waals surface area contributed by atoms with E-state index in [4.69, 9.17) is 4.74 Å². The predicted octanol–water partition coefficient (Wildman–Crippen LogP) is 2.56. The van der Waals surface area contributed by atoms with Gasteiger partial charge in [-0.2, -0.15) is 0 Å². The highest BCUT2D eigenvalue weighted by atomic mass is 16.5. The molecule has 0 bridgehead atoms. The number of urea groups is 1. The molecule has 2 aromatic carbocycles. The summed E-state index contributed by atoms with van der Waals surface area (Å²) < 4.78 is 5.27. The Labute approximate surface area is 170 Å². The van der Waals surface area contributed by atoms with Gasteiger partial charge in [-0.15, -0.1) is 0 Å². The first kappa shape index (κ1) is 20.4. The number of imide groups is 1. The van der Waals surface area contributed by atoms with Crippen molar-refractivity contribution in [3.05, 3.63) is 65.7 Å². The van der Waals surface area contributed by atoms with E-state index in [0.29, 0.717) is 18.6 Å². The number of carbonyl (C=O) groups is 3. The van der Waals surface area contributed by atoms with Crippen LogP contribution in [0.1, 0.15) is 30.9 Å². The van der Waals surface area contributed by atoms with Gasteiger partial charge < -0.3 is 15.4 Å². The third-order valence-corrected chi connectivity index (χ3v) is 5.04. The molecule has 1 aliphatic heterocycles. The Morgan fingerprint density at radius 2 is 1.79 bits per heavy atom. The highest BCUT2D eigenvalue weighted by Crippen LogP contribution is 2.33. The van der Waals surface area contributed by atoms with E-state index in [2.05, 4.69) is 10.6 Å². The van der Waals surface area contributed by atoms with Crippen molar-refractivity contribution in [1.29, 1.82) is 0 Å². The van der Waals surface area contributed by atoms with Crippen LogP contribution >= 0.6 is 0 Å². The lowest BCUT2D eigenvalue weighted by molar-refractivity contribution is -0.135. The standard InChI is InChI=1S/C22H25N3O4/c1-3-13-22(17-10-5-4-6-11-17)20(27)25(21(28)24-22)15-19(26)23-14-16-9-7-8-12-18(16)29-2/h4-12H,3,13-15H2,1-2H3,(H,23,26)(H,24,28)/t22-/m1/s1. The predicted molar refractivity (Wildman–Crippen MR) is 108 cm³/mol. The van der Waals surface area contributed by atoms with Crippen molar-refractivity contribution in [2.24, 2.45) is 0 Å². The fourth-order valence-electron chi connectivity index (χ4n) is 3.62. The van der Waals surface area contributed by atoms with E-state index < -0.39 is 23.4 Å². The highest BCUT2D eigenvalue weighted by Gasteiger charge is 2.52. The van der Waals surface area contributed by atoms with E-state index in [1.54, 1.807) is 13.2 Å². The molecule has 1 heterocycles. The maximum atomic E-state index is 13.2. The number of nitrogens with one attached hydrogen (secondary N) is 2. The van der Waals surface area contributed by atoms with E-state index in [9.17, 15) is 14.4 Å². The van der Waals surface area contributed by atoms with Crippen LogP contribution in [0, 0.1) is 0 Å². The number of rotatable bonds is 8. The summed E-state index contributed by atoms with van der Waals surface area (Å²) in [6.45, 7) is 1.86. The second kappa shape index (κ2) is 8.77. The molecule has 2 aromatic rings. The summed E-state index contributed by atoms with van der Waals surface area (Å²) in [5, 5.41) is 5.57. The van der Waals surface area contributed by atoms with Gasteiger partial charge in [0.2, 0.25) is 5.91 Å². The molecule has 1 aliphatic rings. The molecule has 7 heteroatoms. The molecular weight excluding hydrogens is 370 g/mol. The zero-order valence-electron chi connectivity index (χ0n) is 16.6. The van der Waals surface area contributed by atoms with Crippen LogP contribution < -0.4 is 15.4 Å². The Bertz CT molecular complexity index is 900. The summed E-state index contributed by atoms with van der Waals surface area (Å²) in [4.78, 5) is 39.2. The molecule has 1 saturated heterocycles. The summed E-state index contributed by atoms with van der Waals surface area (Å²) in [6.07, 6.45) is 1.16. The van der Waals surface area contributed by atoms with Gasteiger partial charge in [0.1, 0.15) is 17.8 Å². The van der Waals surface area contributed by atoms with E-state index in [0.717, 1.165) is 16.0 Å². The van der Waals surface area contributed by atoms with Crippen LogP contribution in [0.15, 0.2) is 54.6 Å². The number of para-hydroxylation sites is 1. The van der Waals surface area contributed by atoms with Crippen LogP contribution in [0.5, 0.6) is 5.75 Å². The Morgan fingerprint density at radius 3 is 2.48 bits per heavy atom. The van der Waals surface area contributed by atoms with Crippen LogP contribution in [0.25, 0.3) is 0 Å². The highest BCUT2D eigenvalue weighted by molar-refractivity contribution is 6.09. The molecule has 0 unspecified atom stereocenters. The first-order valence-electron chi connectivity index (χ1n) is 9.60. The van der Waals surface area contributed by atoms with Gasteiger partial charge in [-0.25, -0.2) is 4.79 Å². The summed E-state index contributed by atoms with van der Waals surface area (Å²) in [5.41, 5.74) is 0.401. The third-order valence-electron chi connectivity index (χ3n) is 5.04. The quantitative estimate of drug-likeness (QED) is 0.673. The second-order valence-corrected chi connectivity index (χ2v) is 6.93. The number of carbonyl (C=O) groups excluding carboxylic acids is 3. The molecule has 152 valence electrons. The van der Waals surface area contributed by atoms with E-state index in [1.165, 1.54) is 0 Å². The molecule has 0 aromatic heterocycles. The first-order chi connectivity index (χ1) is 14.0. The molecule has 29 heavy (non-hydrogen) atoms. The molecule has 3 rings (SSSR count). The fraction of sp³-hybridized carbons (Fsp3) is 0.318. The molecule has 0 spiro atoms. The molecular formula is C22H25N3O4. The summed E-state index contributed by atoms with van der Waals surface area (Å²) in [6, 6.07) is 15.9. The van der Waals surface area contributed by atoms with Gasteiger partial charge in [0.15, 0.2) is 0 Å². The van der Waals surface area contributed by atoms with Gasteiger partial charge in [-0.1, -0.05) is 61.9 Å². The molecule has 1 atom stereocenters. The average Bonchev–Trinajstić information content (AvgIpc) is 2.98. The van der Waals surface area contributed by atoms with Crippen LogP contribution in [-0.2, 0) is 21.7 Å². The monoisotopic (exact) mass is 395 g/mol. The van der Waals surface area contributed by atoms with E-state index in [1.807, 2.05) is 55.5 Å². The van der Waals surface area contributed by atoms with Crippen molar-refractivity contribution in [3.8, 4) is 5.75 Å². The lowest BCUT2D eigenvalue weighted by atomic mass is 9.85. The lowest BCUT2D eigenvalue weighted by Crippen LogP contribution is -2.45. The third kappa shape index (κ3) is 4.08. The Morgan fingerprint density at radius 1 is 1.10 bits per heavy atom. The van der Waals surface area contributed by atoms with Crippen LogP contribution in [0.3, 0.4) is 0 Å². The minimum Gasteiger partial charge on any atom is -0.496 e. The minimum absolute atomic E-state index is 0.241. The van der Waals surface area contributed by atoms with Crippen molar-refractivity contribution in [2.75, 3.05) is 13.7 Å². The summed E-state index contributed by atoms with van der Waals surface area (Å²) >= 11 is 0. The Balaban J connectivity index is 1.71. The first-order valence-corrected chi connectivity index (χ1v) is 9.60. The van der Waals surface area contributed by atoms with Crippen LogP contribution in [-0.4, -0.2) is 36.4 Å². The van der Waals surface area contributed by atoms with Crippen molar-refractivity contribution >= 4 is 17.8 Å². The number of hydrogen-bond acceptors (Lipinski definition) is 4. The van der Waals surface area contributed by atoms with Crippen LogP contribution in [0.4, 0.5) is 4.79 Å². The zero-order chi connectivity index (χ0) is 20.9. The normalized spacial score (nSPS) is 18.5. The average molecular weight is 395 g/mol. The van der Waals surface area contributed by atoms with Crippen LogP contribution in [0.2, 0.25) is 0 Å². The van der Waals surface area contributed by atoms with Crippen molar-refractivity contribution in [1.82, 2.24) is 15.5 Å². The van der Waals surface area contributed by atoms with Crippen molar-refractivity contribution in [2.45, 2.75) is 31.8 Å². The Hall–Kier alpha value is -3.35. The number of amides is 4. The number of ether oxygens (including phenoxy) is 1. The topological polar surface area (TPSA) is 87.7 Å². The molecule has 0 radical (unpaired) electrons. The van der Waals surface area contributed by atoms with Gasteiger partial charge in [0.05, 0.1) is 7.11 Å². The second-order valence-electron chi connectivity index (χ2n) is 6.93. The molecule has 0 saturated carbocycles.